The van der Waals surface area contributed by atoms with E-state index in [1.54, 1.807) is 7.11 Å². The summed E-state index contributed by atoms with van der Waals surface area (Å²) in [7, 11) is 1.70. The van der Waals surface area contributed by atoms with Crippen molar-refractivity contribution in [2.24, 2.45) is 11.7 Å². The Morgan fingerprint density at radius 3 is 2.75 bits per heavy atom. The van der Waals surface area contributed by atoms with Crippen LogP contribution in [0.4, 0.5) is 0 Å². The normalized spacial score (nSPS) is 12.8. The standard InChI is InChI=1S/C16H23N3O/c1-12(2)8-14(17)16-9-18-11-19(16)15-7-5-4-6-13(15)10-20-3/h4-7,9,11-12,14H,8,10,17H2,1-3H3. The van der Waals surface area contributed by atoms with Gasteiger partial charge in [-0.25, -0.2) is 4.98 Å². The predicted octanol–water partition coefficient (Wildman–Crippen LogP) is 3.06. The van der Waals surface area contributed by atoms with Gasteiger partial charge in [0.1, 0.15) is 0 Å². The maximum Gasteiger partial charge on any atom is 0.0994 e. The second-order valence-electron chi connectivity index (χ2n) is 5.49. The summed E-state index contributed by atoms with van der Waals surface area (Å²) in [5.74, 6) is 0.558. The number of nitrogens with zero attached hydrogens (tertiary/aromatic N) is 2. The van der Waals surface area contributed by atoms with Gasteiger partial charge in [-0.1, -0.05) is 32.0 Å². The van der Waals surface area contributed by atoms with Gasteiger partial charge in [-0.15, -0.1) is 0 Å². The van der Waals surface area contributed by atoms with Crippen molar-refractivity contribution in [3.05, 3.63) is 48.0 Å². The molecule has 1 unspecified atom stereocenters. The van der Waals surface area contributed by atoms with Crippen molar-refractivity contribution in [3.63, 3.8) is 0 Å². The molecule has 0 aliphatic heterocycles. The summed E-state index contributed by atoms with van der Waals surface area (Å²) in [6.45, 7) is 4.94. The molecule has 0 bridgehead atoms. The van der Waals surface area contributed by atoms with Crippen LogP contribution in [0.15, 0.2) is 36.8 Å². The van der Waals surface area contributed by atoms with Crippen LogP contribution in [0.25, 0.3) is 5.69 Å². The van der Waals surface area contributed by atoms with Gasteiger partial charge in [0, 0.05) is 18.7 Å². The zero-order chi connectivity index (χ0) is 14.5. The van der Waals surface area contributed by atoms with Crippen LogP contribution in [0.1, 0.15) is 37.6 Å². The zero-order valence-corrected chi connectivity index (χ0v) is 12.4. The molecule has 0 fully saturated rings. The second kappa shape index (κ2) is 6.68. The maximum absolute atomic E-state index is 6.31. The van der Waals surface area contributed by atoms with Gasteiger partial charge < -0.3 is 15.0 Å². The second-order valence-corrected chi connectivity index (χ2v) is 5.49. The Labute approximate surface area is 120 Å². The molecule has 4 nitrogen and oxygen atoms in total. The summed E-state index contributed by atoms with van der Waals surface area (Å²) in [6.07, 6.45) is 4.62. The molecule has 1 heterocycles. The van der Waals surface area contributed by atoms with Crippen LogP contribution < -0.4 is 5.73 Å². The molecule has 20 heavy (non-hydrogen) atoms. The van der Waals surface area contributed by atoms with Crippen molar-refractivity contribution < 1.29 is 4.74 Å². The van der Waals surface area contributed by atoms with Crippen LogP contribution in [0.5, 0.6) is 0 Å². The van der Waals surface area contributed by atoms with Gasteiger partial charge in [0.15, 0.2) is 0 Å². The SMILES string of the molecule is COCc1ccccc1-n1cncc1C(N)CC(C)C. The van der Waals surface area contributed by atoms with E-state index in [1.165, 1.54) is 0 Å². The molecular formula is C16H23N3O. The van der Waals surface area contributed by atoms with Crippen molar-refractivity contribution in [2.45, 2.75) is 32.9 Å². The Morgan fingerprint density at radius 2 is 2.05 bits per heavy atom. The lowest BCUT2D eigenvalue weighted by molar-refractivity contribution is 0.184. The number of hydrogen-bond donors (Lipinski definition) is 1. The number of rotatable bonds is 6. The monoisotopic (exact) mass is 273 g/mol. The van der Waals surface area contributed by atoms with Crippen molar-refractivity contribution >= 4 is 0 Å². The first-order valence-electron chi connectivity index (χ1n) is 6.98. The van der Waals surface area contributed by atoms with Crippen LogP contribution in [-0.2, 0) is 11.3 Å². The van der Waals surface area contributed by atoms with Crippen LogP contribution in [-0.4, -0.2) is 16.7 Å². The number of ether oxygens (including phenoxy) is 1. The van der Waals surface area contributed by atoms with Gasteiger partial charge in [-0.3, -0.25) is 0 Å². The molecule has 2 N–H and O–H groups in total. The van der Waals surface area contributed by atoms with E-state index in [0.717, 1.165) is 23.4 Å². The van der Waals surface area contributed by atoms with Crippen LogP contribution in [0.3, 0.4) is 0 Å². The lowest BCUT2D eigenvalue weighted by Crippen LogP contribution is -2.17. The van der Waals surface area contributed by atoms with Crippen molar-refractivity contribution in [3.8, 4) is 5.69 Å². The highest BCUT2D eigenvalue weighted by Crippen LogP contribution is 2.23. The van der Waals surface area contributed by atoms with Crippen LogP contribution >= 0.6 is 0 Å². The molecule has 4 heteroatoms. The van der Waals surface area contributed by atoms with Gasteiger partial charge >= 0.3 is 0 Å². The summed E-state index contributed by atoms with van der Waals surface area (Å²) >= 11 is 0. The molecule has 108 valence electrons. The fourth-order valence-electron chi connectivity index (χ4n) is 2.43. The van der Waals surface area contributed by atoms with E-state index in [4.69, 9.17) is 10.5 Å². The fourth-order valence-corrected chi connectivity index (χ4v) is 2.43. The molecule has 2 rings (SSSR count). The van der Waals surface area contributed by atoms with Crippen molar-refractivity contribution in [1.82, 2.24) is 9.55 Å². The third-order valence-corrected chi connectivity index (χ3v) is 3.32. The molecule has 1 aromatic heterocycles. The highest BCUT2D eigenvalue weighted by Gasteiger charge is 2.15. The number of aromatic nitrogens is 2. The number of methoxy groups -OCH3 is 1. The van der Waals surface area contributed by atoms with E-state index in [2.05, 4.69) is 35.5 Å². The minimum absolute atomic E-state index is 0.00639. The summed E-state index contributed by atoms with van der Waals surface area (Å²) in [6, 6.07) is 8.17. The molecule has 0 amide bonds. The van der Waals surface area contributed by atoms with Gasteiger partial charge in [-0.2, -0.15) is 0 Å². The first-order chi connectivity index (χ1) is 9.63. The predicted molar refractivity (Wildman–Crippen MR) is 80.7 cm³/mol. The van der Waals surface area contributed by atoms with Gasteiger partial charge in [0.25, 0.3) is 0 Å². The molecule has 2 aromatic rings. The van der Waals surface area contributed by atoms with Gasteiger partial charge in [0.2, 0.25) is 0 Å². The Hall–Kier alpha value is -1.65. The van der Waals surface area contributed by atoms with Crippen LogP contribution in [0.2, 0.25) is 0 Å². The summed E-state index contributed by atoms with van der Waals surface area (Å²) in [5, 5.41) is 0. The topological polar surface area (TPSA) is 53.1 Å². The Morgan fingerprint density at radius 1 is 1.30 bits per heavy atom. The van der Waals surface area contributed by atoms with E-state index in [9.17, 15) is 0 Å². The molecule has 0 saturated carbocycles. The lowest BCUT2D eigenvalue weighted by Gasteiger charge is -2.18. The molecule has 1 atom stereocenters. The molecule has 0 spiro atoms. The zero-order valence-electron chi connectivity index (χ0n) is 12.4. The first-order valence-corrected chi connectivity index (χ1v) is 6.98. The summed E-state index contributed by atoms with van der Waals surface area (Å²) in [5.41, 5.74) is 9.57. The third-order valence-electron chi connectivity index (χ3n) is 3.32. The molecular weight excluding hydrogens is 250 g/mol. The molecule has 0 radical (unpaired) electrons. The third kappa shape index (κ3) is 3.26. The largest absolute Gasteiger partial charge is 0.380 e. The minimum atomic E-state index is -0.00639. The van der Waals surface area contributed by atoms with Crippen molar-refractivity contribution in [2.75, 3.05) is 7.11 Å². The first kappa shape index (κ1) is 14.8. The number of benzene rings is 1. The van der Waals surface area contributed by atoms with Crippen molar-refractivity contribution in [1.29, 1.82) is 0 Å². The molecule has 0 saturated heterocycles. The Bertz CT molecular complexity index is 548. The van der Waals surface area contributed by atoms with Crippen LogP contribution in [0, 0.1) is 5.92 Å². The molecule has 0 aliphatic carbocycles. The minimum Gasteiger partial charge on any atom is -0.380 e. The molecule has 1 aromatic carbocycles. The Balaban J connectivity index is 2.37. The van der Waals surface area contributed by atoms with E-state index in [-0.39, 0.29) is 6.04 Å². The highest BCUT2D eigenvalue weighted by molar-refractivity contribution is 5.42. The number of hydrogen-bond acceptors (Lipinski definition) is 3. The lowest BCUT2D eigenvalue weighted by atomic mass is 10.0. The number of imidazole rings is 1. The number of para-hydroxylation sites is 1. The molecule has 0 aliphatic rings. The average Bonchev–Trinajstić information content (AvgIpc) is 2.88. The average molecular weight is 273 g/mol. The quantitative estimate of drug-likeness (QED) is 0.880. The van der Waals surface area contributed by atoms with E-state index in [0.29, 0.717) is 12.5 Å². The van der Waals surface area contributed by atoms with E-state index in [1.807, 2.05) is 24.7 Å². The highest BCUT2D eigenvalue weighted by atomic mass is 16.5. The van der Waals surface area contributed by atoms with Gasteiger partial charge in [-0.05, 0) is 18.4 Å². The van der Waals surface area contributed by atoms with E-state index < -0.39 is 0 Å². The number of nitrogens with two attached hydrogens (primary N) is 1. The van der Waals surface area contributed by atoms with Gasteiger partial charge in [0.05, 0.1) is 30.5 Å². The summed E-state index contributed by atoms with van der Waals surface area (Å²) in [4.78, 5) is 4.27. The summed E-state index contributed by atoms with van der Waals surface area (Å²) < 4.78 is 7.34. The smallest absolute Gasteiger partial charge is 0.0994 e. The fraction of sp³-hybridized carbons (Fsp3) is 0.438. The van der Waals surface area contributed by atoms with E-state index >= 15 is 0 Å². The Kier molecular flexibility index (Phi) is 4.93. The maximum atomic E-state index is 6.31.